The van der Waals surface area contributed by atoms with E-state index in [9.17, 15) is 4.79 Å². The number of hydrogen-bond donors (Lipinski definition) is 0. The van der Waals surface area contributed by atoms with Crippen LogP contribution in [0.4, 0.5) is 5.69 Å². The topological polar surface area (TPSA) is 38.8 Å². The number of benzene rings is 1. The third-order valence-corrected chi connectivity index (χ3v) is 3.23. The molecule has 2 rings (SSSR count). The van der Waals surface area contributed by atoms with Gasteiger partial charge in [0.1, 0.15) is 5.75 Å². The van der Waals surface area contributed by atoms with Crippen molar-refractivity contribution in [2.24, 2.45) is 5.92 Å². The number of esters is 1. The molecule has 0 saturated carbocycles. The van der Waals surface area contributed by atoms with E-state index in [0.717, 1.165) is 24.4 Å². The number of carbonyl (C=O) groups excluding carboxylic acids is 1. The van der Waals surface area contributed by atoms with Crippen LogP contribution in [-0.2, 0) is 9.53 Å². The predicted molar refractivity (Wildman–Crippen MR) is 69.9 cm³/mol. The second kappa shape index (κ2) is 5.76. The molecule has 0 bridgehead atoms. The van der Waals surface area contributed by atoms with Crippen molar-refractivity contribution in [3.05, 3.63) is 24.3 Å². The second-order valence-corrected chi connectivity index (χ2v) is 4.36. The minimum atomic E-state index is -0.0881. The van der Waals surface area contributed by atoms with Crippen LogP contribution in [0.2, 0.25) is 0 Å². The zero-order valence-corrected chi connectivity index (χ0v) is 10.9. The minimum Gasteiger partial charge on any atom is -0.495 e. The predicted octanol–water partition coefficient (Wildman–Crippen LogP) is 2.08. The molecule has 1 unspecified atom stereocenters. The number of para-hydroxylation sites is 2. The molecular formula is C14H19NO3. The molecule has 1 heterocycles. The smallest absolute Gasteiger partial charge is 0.310 e. The average Bonchev–Trinajstić information content (AvgIpc) is 2.88. The summed E-state index contributed by atoms with van der Waals surface area (Å²) in [4.78, 5) is 13.9. The molecule has 1 aliphatic heterocycles. The zero-order chi connectivity index (χ0) is 13.0. The van der Waals surface area contributed by atoms with Gasteiger partial charge in [0.05, 0.1) is 25.3 Å². The van der Waals surface area contributed by atoms with Gasteiger partial charge >= 0.3 is 5.97 Å². The Hall–Kier alpha value is -1.71. The molecule has 1 aromatic carbocycles. The molecule has 1 saturated heterocycles. The number of rotatable bonds is 4. The Balaban J connectivity index is 2.06. The monoisotopic (exact) mass is 249 g/mol. The van der Waals surface area contributed by atoms with Crippen LogP contribution in [0.25, 0.3) is 0 Å². The number of carbonyl (C=O) groups is 1. The molecule has 4 nitrogen and oxygen atoms in total. The molecule has 98 valence electrons. The summed E-state index contributed by atoms with van der Waals surface area (Å²) in [5.74, 6) is 0.742. The molecule has 0 N–H and O–H groups in total. The van der Waals surface area contributed by atoms with Crippen molar-refractivity contribution in [2.75, 3.05) is 31.7 Å². The summed E-state index contributed by atoms with van der Waals surface area (Å²) in [5, 5.41) is 0. The minimum absolute atomic E-state index is 0.0186. The first-order chi connectivity index (χ1) is 8.76. The van der Waals surface area contributed by atoms with Gasteiger partial charge in [-0.1, -0.05) is 12.1 Å². The van der Waals surface area contributed by atoms with Crippen LogP contribution in [0.5, 0.6) is 5.75 Å². The summed E-state index contributed by atoms with van der Waals surface area (Å²) in [7, 11) is 1.66. The molecule has 18 heavy (non-hydrogen) atoms. The number of nitrogens with zero attached hydrogens (tertiary/aromatic N) is 1. The van der Waals surface area contributed by atoms with Gasteiger partial charge in [-0.2, -0.15) is 0 Å². The quantitative estimate of drug-likeness (QED) is 0.766. The largest absolute Gasteiger partial charge is 0.495 e. The molecule has 1 fully saturated rings. The van der Waals surface area contributed by atoms with Gasteiger partial charge in [-0.25, -0.2) is 0 Å². The third kappa shape index (κ3) is 2.58. The van der Waals surface area contributed by atoms with E-state index in [4.69, 9.17) is 9.47 Å². The van der Waals surface area contributed by atoms with E-state index in [-0.39, 0.29) is 11.9 Å². The lowest BCUT2D eigenvalue weighted by atomic mass is 10.1. The Morgan fingerprint density at radius 3 is 2.94 bits per heavy atom. The second-order valence-electron chi connectivity index (χ2n) is 4.36. The summed E-state index contributed by atoms with van der Waals surface area (Å²) in [5.41, 5.74) is 1.05. The highest BCUT2D eigenvalue weighted by atomic mass is 16.5. The third-order valence-electron chi connectivity index (χ3n) is 3.23. The normalized spacial score (nSPS) is 18.8. The maximum Gasteiger partial charge on any atom is 0.310 e. The van der Waals surface area contributed by atoms with Gasteiger partial charge in [0, 0.05) is 13.1 Å². The molecule has 0 radical (unpaired) electrons. The fourth-order valence-electron chi connectivity index (χ4n) is 2.32. The van der Waals surface area contributed by atoms with Crippen LogP contribution >= 0.6 is 0 Å². The van der Waals surface area contributed by atoms with E-state index in [1.165, 1.54) is 0 Å². The van der Waals surface area contributed by atoms with Crippen molar-refractivity contribution in [1.29, 1.82) is 0 Å². The first-order valence-electron chi connectivity index (χ1n) is 6.30. The summed E-state index contributed by atoms with van der Waals surface area (Å²) >= 11 is 0. The summed E-state index contributed by atoms with van der Waals surface area (Å²) in [6.45, 7) is 3.86. The van der Waals surface area contributed by atoms with Gasteiger partial charge in [0.2, 0.25) is 0 Å². The highest BCUT2D eigenvalue weighted by molar-refractivity contribution is 5.74. The van der Waals surface area contributed by atoms with Crippen LogP contribution in [0.3, 0.4) is 0 Å². The number of anilines is 1. The standard InChI is InChI=1S/C14H19NO3/c1-3-18-14(16)11-8-9-15(10-11)12-6-4-5-7-13(12)17-2/h4-7,11H,3,8-10H2,1-2H3. The van der Waals surface area contributed by atoms with Crippen molar-refractivity contribution >= 4 is 11.7 Å². The van der Waals surface area contributed by atoms with E-state index in [1.54, 1.807) is 7.11 Å². The van der Waals surface area contributed by atoms with Crippen molar-refractivity contribution < 1.29 is 14.3 Å². The molecule has 0 aliphatic carbocycles. The van der Waals surface area contributed by atoms with Gasteiger partial charge in [0.15, 0.2) is 0 Å². The van der Waals surface area contributed by atoms with Crippen LogP contribution in [0, 0.1) is 5.92 Å². The van der Waals surface area contributed by atoms with Crippen LogP contribution in [0.15, 0.2) is 24.3 Å². The van der Waals surface area contributed by atoms with Gasteiger partial charge in [-0.15, -0.1) is 0 Å². The number of hydrogen-bond acceptors (Lipinski definition) is 4. The van der Waals surface area contributed by atoms with Gasteiger partial charge in [-0.05, 0) is 25.5 Å². The lowest BCUT2D eigenvalue weighted by molar-refractivity contribution is -0.147. The van der Waals surface area contributed by atoms with E-state index >= 15 is 0 Å². The molecule has 0 aromatic heterocycles. The van der Waals surface area contributed by atoms with Crippen molar-refractivity contribution in [1.82, 2.24) is 0 Å². The van der Waals surface area contributed by atoms with Crippen molar-refractivity contribution in [3.63, 3.8) is 0 Å². The van der Waals surface area contributed by atoms with Crippen molar-refractivity contribution in [3.8, 4) is 5.75 Å². The fourth-order valence-corrected chi connectivity index (χ4v) is 2.32. The van der Waals surface area contributed by atoms with Gasteiger partial charge < -0.3 is 14.4 Å². The Morgan fingerprint density at radius 1 is 1.44 bits per heavy atom. The molecule has 1 aromatic rings. The zero-order valence-electron chi connectivity index (χ0n) is 10.9. The van der Waals surface area contributed by atoms with Gasteiger partial charge in [-0.3, -0.25) is 4.79 Å². The maximum atomic E-state index is 11.7. The molecule has 1 atom stereocenters. The highest BCUT2D eigenvalue weighted by Crippen LogP contribution is 2.32. The SMILES string of the molecule is CCOC(=O)C1CCN(c2ccccc2OC)C1. The maximum absolute atomic E-state index is 11.7. The van der Waals surface area contributed by atoms with E-state index < -0.39 is 0 Å². The lowest BCUT2D eigenvalue weighted by Gasteiger charge is -2.20. The van der Waals surface area contributed by atoms with E-state index in [1.807, 2.05) is 31.2 Å². The number of ether oxygens (including phenoxy) is 2. The Kier molecular flexibility index (Phi) is 4.07. The lowest BCUT2D eigenvalue weighted by Crippen LogP contribution is -2.24. The van der Waals surface area contributed by atoms with Gasteiger partial charge in [0.25, 0.3) is 0 Å². The molecule has 4 heteroatoms. The highest BCUT2D eigenvalue weighted by Gasteiger charge is 2.30. The summed E-state index contributed by atoms with van der Waals surface area (Å²) in [6, 6.07) is 7.89. The van der Waals surface area contributed by atoms with Crippen LogP contribution in [-0.4, -0.2) is 32.8 Å². The first-order valence-corrected chi connectivity index (χ1v) is 6.30. The Morgan fingerprint density at radius 2 is 2.22 bits per heavy atom. The molecule has 1 aliphatic rings. The molecule has 0 amide bonds. The average molecular weight is 249 g/mol. The van der Waals surface area contributed by atoms with E-state index in [2.05, 4.69) is 4.90 Å². The van der Waals surface area contributed by atoms with Crippen LogP contribution < -0.4 is 9.64 Å². The Labute approximate surface area is 107 Å². The van der Waals surface area contributed by atoms with Crippen LogP contribution in [0.1, 0.15) is 13.3 Å². The summed E-state index contributed by atoms with van der Waals surface area (Å²) < 4.78 is 10.4. The van der Waals surface area contributed by atoms with Crippen molar-refractivity contribution in [2.45, 2.75) is 13.3 Å². The molecule has 0 spiro atoms. The molecular weight excluding hydrogens is 230 g/mol. The Bertz CT molecular complexity index is 419. The number of methoxy groups -OCH3 is 1. The fraction of sp³-hybridized carbons (Fsp3) is 0.500. The van der Waals surface area contributed by atoms with E-state index in [0.29, 0.717) is 13.2 Å². The summed E-state index contributed by atoms with van der Waals surface area (Å²) in [6.07, 6.45) is 0.844. The first kappa shape index (κ1) is 12.7.